The summed E-state index contributed by atoms with van der Waals surface area (Å²) in [6.07, 6.45) is 3.43. The van der Waals surface area contributed by atoms with Crippen LogP contribution in [-0.2, 0) is 6.42 Å². The molecule has 0 unspecified atom stereocenters. The third kappa shape index (κ3) is 2.97. The highest BCUT2D eigenvalue weighted by molar-refractivity contribution is 6.17. The van der Waals surface area contributed by atoms with Crippen LogP contribution in [-0.4, -0.2) is 53.3 Å². The molecular formula is C20H21N3O2. The Morgan fingerprint density at radius 2 is 1.92 bits per heavy atom. The fraction of sp³-hybridized carbons (Fsp3) is 0.300. The van der Waals surface area contributed by atoms with Crippen LogP contribution >= 0.6 is 0 Å². The molecule has 0 aromatic heterocycles. The van der Waals surface area contributed by atoms with Gasteiger partial charge in [0.15, 0.2) is 0 Å². The summed E-state index contributed by atoms with van der Waals surface area (Å²) in [5.74, 6) is 0.385. The molecule has 1 heterocycles. The molecule has 1 aliphatic carbocycles. The topological polar surface area (TPSA) is 68.4 Å². The third-order valence-corrected chi connectivity index (χ3v) is 4.78. The summed E-state index contributed by atoms with van der Waals surface area (Å²) in [5, 5.41) is 20.6. The highest BCUT2D eigenvalue weighted by Gasteiger charge is 2.26. The Morgan fingerprint density at radius 1 is 1.08 bits per heavy atom. The number of phenolic OH excluding ortho intramolecular Hbond substituents is 2. The predicted octanol–water partition coefficient (Wildman–Crippen LogP) is 2.57. The van der Waals surface area contributed by atoms with Crippen molar-refractivity contribution in [2.75, 3.05) is 26.2 Å². The maximum Gasteiger partial charge on any atom is 0.125 e. The lowest BCUT2D eigenvalue weighted by molar-refractivity contribution is 0.453. The second-order valence-electron chi connectivity index (χ2n) is 6.43. The smallest absolute Gasteiger partial charge is 0.125 e. The van der Waals surface area contributed by atoms with Gasteiger partial charge in [0.05, 0.1) is 18.6 Å². The van der Waals surface area contributed by atoms with Crippen molar-refractivity contribution >= 4 is 12.1 Å². The average Bonchev–Trinajstić information content (AvgIpc) is 3.14. The minimum absolute atomic E-state index is 0.174. The fourth-order valence-electron chi connectivity index (χ4n) is 3.51. The molecule has 5 heteroatoms. The van der Waals surface area contributed by atoms with E-state index >= 15 is 0 Å². The van der Waals surface area contributed by atoms with Gasteiger partial charge in [-0.1, -0.05) is 24.3 Å². The summed E-state index contributed by atoms with van der Waals surface area (Å²) in [4.78, 5) is 11.2. The molecular weight excluding hydrogens is 314 g/mol. The lowest BCUT2D eigenvalue weighted by Crippen LogP contribution is -2.22. The minimum atomic E-state index is 0.174. The molecule has 2 aliphatic rings. The van der Waals surface area contributed by atoms with E-state index in [1.165, 1.54) is 6.07 Å². The van der Waals surface area contributed by atoms with Gasteiger partial charge in [-0.25, -0.2) is 0 Å². The standard InChI is InChI=1S/C20H21N3O2/c24-17-6-7-18(25)19-16(17)12-14-4-1-2-5-15(14)20(19)22-8-3-10-23-11-9-21-13-23/h1-2,4-7,13,24-25H,3,8-12H2. The summed E-state index contributed by atoms with van der Waals surface area (Å²) in [6.45, 7) is 3.46. The first-order valence-electron chi connectivity index (χ1n) is 8.65. The number of phenols is 2. The SMILES string of the molecule is Oc1ccc(O)c2c1Cc1ccccc1C2=NCCCN1C=NCC1. The Bertz CT molecular complexity index is 858. The van der Waals surface area contributed by atoms with E-state index in [1.807, 2.05) is 24.5 Å². The lowest BCUT2D eigenvalue weighted by Gasteiger charge is -2.23. The minimum Gasteiger partial charge on any atom is -0.508 e. The monoisotopic (exact) mass is 335 g/mol. The van der Waals surface area contributed by atoms with Crippen LogP contribution in [0.4, 0.5) is 0 Å². The highest BCUT2D eigenvalue weighted by atomic mass is 16.3. The first kappa shape index (κ1) is 15.7. The molecule has 5 nitrogen and oxygen atoms in total. The molecule has 1 aliphatic heterocycles. The zero-order valence-electron chi connectivity index (χ0n) is 14.0. The van der Waals surface area contributed by atoms with Gasteiger partial charge >= 0.3 is 0 Å². The Balaban J connectivity index is 1.65. The van der Waals surface area contributed by atoms with Crippen LogP contribution in [0, 0.1) is 0 Å². The van der Waals surface area contributed by atoms with Gasteiger partial charge in [-0.05, 0) is 24.1 Å². The van der Waals surface area contributed by atoms with Gasteiger partial charge in [0.1, 0.15) is 11.5 Å². The zero-order chi connectivity index (χ0) is 17.2. The largest absolute Gasteiger partial charge is 0.508 e. The maximum absolute atomic E-state index is 10.4. The molecule has 0 bridgehead atoms. The van der Waals surface area contributed by atoms with Crippen molar-refractivity contribution < 1.29 is 10.2 Å². The normalized spacial score (nSPS) is 17.0. The van der Waals surface area contributed by atoms with Gasteiger partial charge in [0.2, 0.25) is 0 Å². The van der Waals surface area contributed by atoms with Crippen molar-refractivity contribution in [3.05, 3.63) is 58.7 Å². The predicted molar refractivity (Wildman–Crippen MR) is 99.1 cm³/mol. The van der Waals surface area contributed by atoms with Gasteiger partial charge in [-0.3, -0.25) is 9.98 Å². The number of rotatable bonds is 4. The lowest BCUT2D eigenvalue weighted by atomic mass is 9.83. The van der Waals surface area contributed by atoms with Crippen molar-refractivity contribution in [1.29, 1.82) is 0 Å². The molecule has 2 aromatic rings. The number of benzene rings is 2. The third-order valence-electron chi connectivity index (χ3n) is 4.78. The zero-order valence-corrected chi connectivity index (χ0v) is 14.0. The van der Waals surface area contributed by atoms with Gasteiger partial charge in [0, 0.05) is 42.7 Å². The first-order chi connectivity index (χ1) is 12.2. The molecule has 4 rings (SSSR count). The molecule has 0 radical (unpaired) electrons. The van der Waals surface area contributed by atoms with Crippen LogP contribution < -0.4 is 0 Å². The highest BCUT2D eigenvalue weighted by Crippen LogP contribution is 2.37. The first-order valence-corrected chi connectivity index (χ1v) is 8.65. The van der Waals surface area contributed by atoms with Crippen LogP contribution in [0.15, 0.2) is 46.4 Å². The van der Waals surface area contributed by atoms with E-state index in [4.69, 9.17) is 4.99 Å². The Labute approximate surface area is 147 Å². The number of hydrogen-bond acceptors (Lipinski definition) is 5. The number of hydrogen-bond donors (Lipinski definition) is 2. The van der Waals surface area contributed by atoms with Crippen LogP contribution in [0.25, 0.3) is 0 Å². The summed E-state index contributed by atoms with van der Waals surface area (Å²) >= 11 is 0. The number of nitrogens with zero attached hydrogens (tertiary/aromatic N) is 3. The van der Waals surface area contributed by atoms with Crippen LogP contribution in [0.5, 0.6) is 11.5 Å². The molecule has 0 saturated heterocycles. The molecule has 0 saturated carbocycles. The van der Waals surface area contributed by atoms with E-state index in [0.717, 1.165) is 48.5 Å². The van der Waals surface area contributed by atoms with Crippen LogP contribution in [0.2, 0.25) is 0 Å². The molecule has 0 fully saturated rings. The summed E-state index contributed by atoms with van der Waals surface area (Å²) in [7, 11) is 0. The average molecular weight is 335 g/mol. The molecule has 25 heavy (non-hydrogen) atoms. The number of aliphatic imine (C=N–C) groups is 2. The summed E-state index contributed by atoms with van der Waals surface area (Å²) in [5.41, 5.74) is 4.37. The number of aromatic hydroxyl groups is 2. The van der Waals surface area contributed by atoms with Crippen molar-refractivity contribution in [1.82, 2.24) is 4.90 Å². The van der Waals surface area contributed by atoms with Crippen molar-refractivity contribution in [3.63, 3.8) is 0 Å². The van der Waals surface area contributed by atoms with Crippen molar-refractivity contribution in [3.8, 4) is 11.5 Å². The molecule has 2 N–H and O–H groups in total. The van der Waals surface area contributed by atoms with E-state index in [0.29, 0.717) is 18.5 Å². The van der Waals surface area contributed by atoms with Crippen molar-refractivity contribution in [2.45, 2.75) is 12.8 Å². The Morgan fingerprint density at radius 3 is 2.76 bits per heavy atom. The molecule has 128 valence electrons. The quantitative estimate of drug-likeness (QED) is 0.569. The van der Waals surface area contributed by atoms with E-state index in [2.05, 4.69) is 16.0 Å². The summed E-state index contributed by atoms with van der Waals surface area (Å²) in [6, 6.07) is 11.2. The van der Waals surface area contributed by atoms with E-state index in [9.17, 15) is 10.2 Å². The summed E-state index contributed by atoms with van der Waals surface area (Å²) < 4.78 is 0. The Kier molecular flexibility index (Phi) is 4.14. The second-order valence-corrected chi connectivity index (χ2v) is 6.43. The molecule has 0 amide bonds. The fourth-order valence-corrected chi connectivity index (χ4v) is 3.51. The van der Waals surface area contributed by atoms with Gasteiger partial charge < -0.3 is 15.1 Å². The molecule has 2 aromatic carbocycles. The van der Waals surface area contributed by atoms with E-state index in [1.54, 1.807) is 6.07 Å². The van der Waals surface area contributed by atoms with Crippen molar-refractivity contribution in [2.24, 2.45) is 9.98 Å². The van der Waals surface area contributed by atoms with Crippen LogP contribution in [0.1, 0.15) is 28.7 Å². The maximum atomic E-state index is 10.4. The van der Waals surface area contributed by atoms with Gasteiger partial charge in [0.25, 0.3) is 0 Å². The van der Waals surface area contributed by atoms with Gasteiger partial charge in [-0.15, -0.1) is 0 Å². The van der Waals surface area contributed by atoms with E-state index < -0.39 is 0 Å². The van der Waals surface area contributed by atoms with Crippen LogP contribution in [0.3, 0.4) is 0 Å². The molecule has 0 spiro atoms. The van der Waals surface area contributed by atoms with E-state index in [-0.39, 0.29) is 11.5 Å². The van der Waals surface area contributed by atoms with Gasteiger partial charge in [-0.2, -0.15) is 0 Å². The molecule has 0 atom stereocenters. The Hall–Kier alpha value is -2.82. The number of fused-ring (bicyclic) bond motifs is 2. The second kappa shape index (κ2) is 6.59.